The maximum Gasteiger partial charge on any atom is 0.251 e. The molecule has 0 bridgehead atoms. The molecule has 2 aromatic rings. The van der Waals surface area contributed by atoms with Crippen LogP contribution in [0.15, 0.2) is 40.8 Å². The lowest BCUT2D eigenvalue weighted by atomic mass is 9.87. The van der Waals surface area contributed by atoms with Crippen LogP contribution >= 0.6 is 0 Å². The number of likely N-dealkylation sites (tertiary alicyclic amines) is 1. The highest BCUT2D eigenvalue weighted by Crippen LogP contribution is 2.28. The van der Waals surface area contributed by atoms with E-state index in [9.17, 15) is 4.79 Å². The third-order valence-electron chi connectivity index (χ3n) is 5.82. The third kappa shape index (κ3) is 5.05. The van der Waals surface area contributed by atoms with Crippen molar-refractivity contribution in [3.8, 4) is 0 Å². The van der Waals surface area contributed by atoms with Crippen molar-refractivity contribution in [2.45, 2.75) is 58.9 Å². The van der Waals surface area contributed by atoms with Gasteiger partial charge >= 0.3 is 0 Å². The normalized spacial score (nSPS) is 17.5. The number of amides is 1. The number of benzene rings is 1. The van der Waals surface area contributed by atoms with Crippen molar-refractivity contribution < 1.29 is 9.21 Å². The van der Waals surface area contributed by atoms with Crippen LogP contribution in [0.2, 0.25) is 0 Å². The molecule has 0 aliphatic carbocycles. The van der Waals surface area contributed by atoms with Gasteiger partial charge in [0.1, 0.15) is 11.5 Å². The van der Waals surface area contributed by atoms with E-state index >= 15 is 0 Å². The number of nitrogens with zero attached hydrogens (tertiary/aromatic N) is 1. The first kappa shape index (κ1) is 20.7. The lowest BCUT2D eigenvalue weighted by Gasteiger charge is -2.35. The van der Waals surface area contributed by atoms with E-state index in [4.69, 9.17) is 4.42 Å². The Kier molecular flexibility index (Phi) is 6.29. The topological polar surface area (TPSA) is 45.5 Å². The minimum atomic E-state index is -0.0286. The van der Waals surface area contributed by atoms with E-state index in [-0.39, 0.29) is 17.4 Å². The molecule has 0 spiro atoms. The van der Waals surface area contributed by atoms with E-state index in [0.29, 0.717) is 12.1 Å². The number of rotatable bonds is 5. The molecule has 1 saturated heterocycles. The van der Waals surface area contributed by atoms with Crippen molar-refractivity contribution in [1.29, 1.82) is 0 Å². The standard InChI is InChI=1S/C24H34N2O2/c1-17-12-14-26(15-13-17)21(22-11-6-18(2)28-22)16-25-23(27)19-7-9-20(10-8-19)24(3,4)5/h6-11,17,21H,12-16H2,1-5H3,(H,25,27). The zero-order valence-electron chi connectivity index (χ0n) is 17.9. The first-order valence-corrected chi connectivity index (χ1v) is 10.4. The second kappa shape index (κ2) is 8.52. The molecule has 1 aromatic carbocycles. The van der Waals surface area contributed by atoms with Gasteiger partial charge in [-0.3, -0.25) is 9.69 Å². The molecule has 4 nitrogen and oxygen atoms in total. The Morgan fingerprint density at radius 3 is 2.32 bits per heavy atom. The van der Waals surface area contributed by atoms with Gasteiger partial charge in [-0.05, 0) is 74.0 Å². The van der Waals surface area contributed by atoms with Crippen LogP contribution in [0.4, 0.5) is 0 Å². The van der Waals surface area contributed by atoms with Crippen LogP contribution in [-0.4, -0.2) is 30.4 Å². The Hall–Kier alpha value is -2.07. The van der Waals surface area contributed by atoms with E-state index in [0.717, 1.165) is 30.5 Å². The predicted molar refractivity (Wildman–Crippen MR) is 114 cm³/mol. The largest absolute Gasteiger partial charge is 0.465 e. The van der Waals surface area contributed by atoms with Crippen molar-refractivity contribution in [2.24, 2.45) is 5.92 Å². The predicted octanol–water partition coefficient (Wildman–Crippen LogP) is 5.09. The summed E-state index contributed by atoms with van der Waals surface area (Å²) >= 11 is 0. The minimum Gasteiger partial charge on any atom is -0.465 e. The highest BCUT2D eigenvalue weighted by atomic mass is 16.3. The van der Waals surface area contributed by atoms with Gasteiger partial charge in [-0.25, -0.2) is 0 Å². The van der Waals surface area contributed by atoms with Crippen molar-refractivity contribution in [1.82, 2.24) is 10.2 Å². The monoisotopic (exact) mass is 382 g/mol. The van der Waals surface area contributed by atoms with Crippen LogP contribution in [0.3, 0.4) is 0 Å². The molecular weight excluding hydrogens is 348 g/mol. The molecule has 28 heavy (non-hydrogen) atoms. The molecule has 1 unspecified atom stereocenters. The molecule has 1 N–H and O–H groups in total. The molecule has 1 aromatic heterocycles. The van der Waals surface area contributed by atoms with Gasteiger partial charge in [0.25, 0.3) is 5.91 Å². The Labute approximate surface area is 169 Å². The highest BCUT2D eigenvalue weighted by molar-refractivity contribution is 5.94. The number of furan rings is 1. The molecule has 4 heteroatoms. The molecule has 3 rings (SSSR count). The van der Waals surface area contributed by atoms with Gasteiger partial charge in [0.2, 0.25) is 0 Å². The number of aryl methyl sites for hydroxylation is 1. The highest BCUT2D eigenvalue weighted by Gasteiger charge is 2.27. The van der Waals surface area contributed by atoms with Crippen LogP contribution in [0.5, 0.6) is 0 Å². The fourth-order valence-electron chi connectivity index (χ4n) is 3.80. The van der Waals surface area contributed by atoms with E-state index in [1.165, 1.54) is 18.4 Å². The minimum absolute atomic E-state index is 0.0286. The van der Waals surface area contributed by atoms with E-state index < -0.39 is 0 Å². The second-order valence-electron chi connectivity index (χ2n) is 9.22. The van der Waals surface area contributed by atoms with Gasteiger partial charge in [0, 0.05) is 12.1 Å². The van der Waals surface area contributed by atoms with Gasteiger partial charge in [0.15, 0.2) is 0 Å². The quantitative estimate of drug-likeness (QED) is 0.783. The van der Waals surface area contributed by atoms with E-state index in [2.05, 4.69) is 37.9 Å². The first-order chi connectivity index (χ1) is 13.2. The summed E-state index contributed by atoms with van der Waals surface area (Å²) in [6.07, 6.45) is 2.39. The average Bonchev–Trinajstić information content (AvgIpc) is 3.08. The fraction of sp³-hybridized carbons (Fsp3) is 0.542. The Morgan fingerprint density at radius 2 is 1.79 bits per heavy atom. The number of hydrogen-bond donors (Lipinski definition) is 1. The lowest BCUT2D eigenvalue weighted by Crippen LogP contribution is -2.41. The van der Waals surface area contributed by atoms with Gasteiger partial charge in [-0.1, -0.05) is 39.8 Å². The van der Waals surface area contributed by atoms with Crippen molar-refractivity contribution in [2.75, 3.05) is 19.6 Å². The molecule has 1 aliphatic rings. The number of carbonyl (C=O) groups excluding carboxylic acids is 1. The smallest absolute Gasteiger partial charge is 0.251 e. The third-order valence-corrected chi connectivity index (χ3v) is 5.82. The Balaban J connectivity index is 1.68. The van der Waals surface area contributed by atoms with E-state index in [1.54, 1.807) is 0 Å². The maximum atomic E-state index is 12.7. The SMILES string of the molecule is Cc1ccc(C(CNC(=O)c2ccc(C(C)(C)C)cc2)N2CCC(C)CC2)o1. The zero-order chi connectivity index (χ0) is 20.3. The van der Waals surface area contributed by atoms with Crippen molar-refractivity contribution in [3.05, 3.63) is 59.0 Å². The molecular formula is C24H34N2O2. The average molecular weight is 383 g/mol. The van der Waals surface area contributed by atoms with Gasteiger partial charge in [-0.2, -0.15) is 0 Å². The summed E-state index contributed by atoms with van der Waals surface area (Å²) in [7, 11) is 0. The van der Waals surface area contributed by atoms with Crippen LogP contribution in [-0.2, 0) is 5.41 Å². The maximum absolute atomic E-state index is 12.7. The molecule has 1 fully saturated rings. The summed E-state index contributed by atoms with van der Waals surface area (Å²) in [5, 5.41) is 3.13. The van der Waals surface area contributed by atoms with Crippen LogP contribution < -0.4 is 5.32 Å². The van der Waals surface area contributed by atoms with Crippen LogP contribution in [0, 0.1) is 12.8 Å². The summed E-state index contributed by atoms with van der Waals surface area (Å²) in [6, 6.07) is 12.1. The summed E-state index contributed by atoms with van der Waals surface area (Å²) in [5.41, 5.74) is 2.02. The molecule has 152 valence electrons. The van der Waals surface area contributed by atoms with Crippen LogP contribution in [0.1, 0.15) is 74.0 Å². The summed E-state index contributed by atoms with van der Waals surface area (Å²) < 4.78 is 5.92. The Bertz CT molecular complexity index is 778. The lowest BCUT2D eigenvalue weighted by molar-refractivity contribution is 0.0895. The van der Waals surface area contributed by atoms with Crippen LogP contribution in [0.25, 0.3) is 0 Å². The molecule has 0 saturated carbocycles. The molecule has 1 atom stereocenters. The second-order valence-corrected chi connectivity index (χ2v) is 9.22. The van der Waals surface area contributed by atoms with Gasteiger partial charge < -0.3 is 9.73 Å². The van der Waals surface area contributed by atoms with Crippen molar-refractivity contribution in [3.63, 3.8) is 0 Å². The van der Waals surface area contributed by atoms with Gasteiger partial charge in [-0.15, -0.1) is 0 Å². The van der Waals surface area contributed by atoms with Gasteiger partial charge in [0.05, 0.1) is 6.04 Å². The summed E-state index contributed by atoms with van der Waals surface area (Å²) in [6.45, 7) is 13.5. The van der Waals surface area contributed by atoms with Crippen molar-refractivity contribution >= 4 is 5.91 Å². The molecule has 1 amide bonds. The molecule has 0 radical (unpaired) electrons. The Morgan fingerprint density at radius 1 is 1.14 bits per heavy atom. The molecule has 1 aliphatic heterocycles. The molecule has 2 heterocycles. The first-order valence-electron chi connectivity index (χ1n) is 10.4. The van der Waals surface area contributed by atoms with E-state index in [1.807, 2.05) is 43.3 Å². The summed E-state index contributed by atoms with van der Waals surface area (Å²) in [5.74, 6) is 2.59. The number of hydrogen-bond acceptors (Lipinski definition) is 3. The summed E-state index contributed by atoms with van der Waals surface area (Å²) in [4.78, 5) is 15.2. The number of carbonyl (C=O) groups is 1. The number of piperidine rings is 1. The zero-order valence-corrected chi connectivity index (χ0v) is 17.9. The fourth-order valence-corrected chi connectivity index (χ4v) is 3.80. The number of nitrogens with one attached hydrogen (secondary N) is 1.